The van der Waals surface area contributed by atoms with E-state index < -0.39 is 15.4 Å². The third-order valence-corrected chi connectivity index (χ3v) is 6.78. The largest absolute Gasteiger partial charge is 1.00 e. The third-order valence-electron chi connectivity index (χ3n) is 5.49. The number of unbranched alkanes of at least 4 members (excludes halogenated alkanes) is 11. The summed E-state index contributed by atoms with van der Waals surface area (Å²) in [7, 11) is -4.23. The van der Waals surface area contributed by atoms with Crippen molar-refractivity contribution in [2.24, 2.45) is 0 Å². The van der Waals surface area contributed by atoms with Gasteiger partial charge in [-0.05, 0) is 32.1 Å². The van der Waals surface area contributed by atoms with Crippen molar-refractivity contribution in [1.29, 1.82) is 0 Å². The van der Waals surface area contributed by atoms with Crippen LogP contribution in [0.15, 0.2) is 0 Å². The van der Waals surface area contributed by atoms with Gasteiger partial charge in [0.15, 0.2) is 0 Å². The molecule has 164 valence electrons. The zero-order valence-corrected chi connectivity index (χ0v) is 21.8. The van der Waals surface area contributed by atoms with Gasteiger partial charge >= 0.3 is 29.6 Å². The fraction of sp³-hybridized carbons (Fsp3) is 1.00. The molecule has 2 unspecified atom stereocenters. The Hall–Kier alpha value is 0.870. The van der Waals surface area contributed by atoms with Crippen LogP contribution >= 0.6 is 0 Å². The van der Waals surface area contributed by atoms with E-state index in [2.05, 4.69) is 13.8 Å². The van der Waals surface area contributed by atoms with Crippen molar-refractivity contribution in [3.05, 3.63) is 0 Å². The van der Waals surface area contributed by atoms with E-state index in [0.717, 1.165) is 38.5 Å². The second-order valence-corrected chi connectivity index (χ2v) is 9.82. The van der Waals surface area contributed by atoms with Crippen LogP contribution < -0.4 is 29.6 Å². The first kappa shape index (κ1) is 31.1. The molecule has 0 aliphatic carbocycles. The summed E-state index contributed by atoms with van der Waals surface area (Å²) < 4.78 is 34.5. The van der Waals surface area contributed by atoms with E-state index in [1.807, 2.05) is 0 Å². The molecule has 1 N–H and O–H groups in total. The van der Waals surface area contributed by atoms with Gasteiger partial charge in [0.05, 0.1) is 16.2 Å². The molecule has 0 bridgehead atoms. The monoisotopic (exact) mass is 428 g/mol. The summed E-state index contributed by atoms with van der Waals surface area (Å²) in [6.45, 7) is 4.39. The number of aliphatic hydroxyl groups excluding tert-OH is 1. The Labute approximate surface area is 197 Å². The van der Waals surface area contributed by atoms with Gasteiger partial charge in [0.1, 0.15) is 0 Å². The number of hydrogen-bond acceptors (Lipinski definition) is 4. The molecule has 28 heavy (non-hydrogen) atoms. The van der Waals surface area contributed by atoms with Crippen molar-refractivity contribution < 1.29 is 47.6 Å². The molecule has 0 heterocycles. The third kappa shape index (κ3) is 20.2. The van der Waals surface area contributed by atoms with E-state index in [4.69, 9.17) is 0 Å². The quantitative estimate of drug-likeness (QED) is 0.183. The van der Waals surface area contributed by atoms with Crippen molar-refractivity contribution >= 4 is 10.1 Å². The molecule has 0 saturated heterocycles. The van der Waals surface area contributed by atoms with Crippen molar-refractivity contribution in [2.45, 2.75) is 141 Å². The van der Waals surface area contributed by atoms with Crippen LogP contribution in [0.25, 0.3) is 0 Å². The first-order valence-corrected chi connectivity index (χ1v) is 13.0. The zero-order valence-electron chi connectivity index (χ0n) is 19.0. The summed E-state index contributed by atoms with van der Waals surface area (Å²) in [6, 6.07) is 0. The van der Waals surface area contributed by atoms with Gasteiger partial charge in [-0.15, -0.1) is 0 Å². The van der Waals surface area contributed by atoms with Gasteiger partial charge in [-0.1, -0.05) is 97.3 Å². The van der Waals surface area contributed by atoms with E-state index >= 15 is 0 Å². The van der Waals surface area contributed by atoms with E-state index in [0.29, 0.717) is 25.7 Å². The van der Waals surface area contributed by atoms with Crippen LogP contribution in [0, 0.1) is 0 Å². The molecule has 2 atom stereocenters. The first-order valence-electron chi connectivity index (χ1n) is 11.5. The minimum atomic E-state index is -4.23. The standard InChI is InChI=1S/C22H46O4S.Na/c1-3-5-7-9-11-13-15-19-22(27(24,25)26)20-16-18-21(23)17-14-12-10-8-6-4-2;/h21-23H,3-20H2,1-2H3,(H,24,25,26);/q;+1/p-1. The molecule has 0 aliphatic heterocycles. The van der Waals surface area contributed by atoms with Crippen LogP contribution in [0.4, 0.5) is 0 Å². The number of rotatable bonds is 20. The van der Waals surface area contributed by atoms with E-state index in [9.17, 15) is 18.1 Å². The van der Waals surface area contributed by atoms with Gasteiger partial charge in [-0.3, -0.25) is 0 Å². The van der Waals surface area contributed by atoms with Crippen LogP contribution in [0.1, 0.15) is 129 Å². The average Bonchev–Trinajstić information content (AvgIpc) is 2.61. The van der Waals surface area contributed by atoms with Crippen LogP contribution in [-0.4, -0.2) is 29.4 Å². The number of aliphatic hydroxyl groups is 1. The van der Waals surface area contributed by atoms with Crippen molar-refractivity contribution in [2.75, 3.05) is 0 Å². The van der Waals surface area contributed by atoms with Gasteiger partial charge in [-0.25, -0.2) is 8.42 Å². The Kier molecular flexibility index (Phi) is 23.4. The van der Waals surface area contributed by atoms with Crippen molar-refractivity contribution in [3.8, 4) is 0 Å². The predicted molar refractivity (Wildman–Crippen MR) is 114 cm³/mol. The minimum Gasteiger partial charge on any atom is -0.748 e. The summed E-state index contributed by atoms with van der Waals surface area (Å²) in [5, 5.41) is 9.29. The SMILES string of the molecule is CCCCCCCCCC(CCCC(O)CCCCCCCC)S(=O)(=O)[O-].[Na+]. The molecule has 0 aromatic carbocycles. The summed E-state index contributed by atoms with van der Waals surface area (Å²) in [5.74, 6) is 0. The smallest absolute Gasteiger partial charge is 0.748 e. The molecular formula is C22H45NaO4S. The fourth-order valence-corrected chi connectivity index (χ4v) is 4.56. The molecule has 0 rings (SSSR count). The Morgan fingerprint density at radius 3 is 1.46 bits per heavy atom. The number of hydrogen-bond donors (Lipinski definition) is 1. The summed E-state index contributed by atoms with van der Waals surface area (Å²) >= 11 is 0. The second-order valence-electron chi connectivity index (χ2n) is 8.17. The summed E-state index contributed by atoms with van der Waals surface area (Å²) in [4.78, 5) is 0. The van der Waals surface area contributed by atoms with E-state index in [1.165, 1.54) is 51.4 Å². The predicted octanol–water partition coefficient (Wildman–Crippen LogP) is 3.33. The Morgan fingerprint density at radius 1 is 0.643 bits per heavy atom. The molecule has 0 radical (unpaired) electrons. The van der Waals surface area contributed by atoms with Crippen molar-refractivity contribution in [3.63, 3.8) is 0 Å². The Bertz CT molecular complexity index is 415. The first-order chi connectivity index (χ1) is 12.9. The van der Waals surface area contributed by atoms with E-state index in [1.54, 1.807) is 0 Å². The van der Waals surface area contributed by atoms with Crippen LogP contribution in [-0.2, 0) is 10.1 Å². The molecule has 0 fully saturated rings. The van der Waals surface area contributed by atoms with Gasteiger partial charge in [0, 0.05) is 5.25 Å². The summed E-state index contributed by atoms with van der Waals surface area (Å²) in [5.41, 5.74) is 0. The molecule has 0 aromatic heterocycles. The average molecular weight is 429 g/mol. The van der Waals surface area contributed by atoms with Gasteiger partial charge < -0.3 is 9.66 Å². The van der Waals surface area contributed by atoms with Crippen LogP contribution in [0.3, 0.4) is 0 Å². The molecule has 6 heteroatoms. The maximum atomic E-state index is 11.5. The van der Waals surface area contributed by atoms with Crippen molar-refractivity contribution in [1.82, 2.24) is 0 Å². The van der Waals surface area contributed by atoms with Gasteiger partial charge in [-0.2, -0.15) is 0 Å². The molecule has 0 aliphatic rings. The fourth-order valence-electron chi connectivity index (χ4n) is 3.65. The summed E-state index contributed by atoms with van der Waals surface area (Å²) in [6.07, 6.45) is 17.7. The zero-order chi connectivity index (χ0) is 20.4. The Morgan fingerprint density at radius 2 is 1.00 bits per heavy atom. The molecule has 0 saturated carbocycles. The maximum Gasteiger partial charge on any atom is 1.00 e. The van der Waals surface area contributed by atoms with Crippen LogP contribution in [0.5, 0.6) is 0 Å². The van der Waals surface area contributed by atoms with Gasteiger partial charge in [0.2, 0.25) is 0 Å². The minimum absolute atomic E-state index is 0. The molecule has 4 nitrogen and oxygen atoms in total. The van der Waals surface area contributed by atoms with Crippen LogP contribution in [0.2, 0.25) is 0 Å². The molecule has 0 aromatic rings. The maximum absolute atomic E-state index is 11.5. The van der Waals surface area contributed by atoms with Gasteiger partial charge in [0.25, 0.3) is 0 Å². The molecular weight excluding hydrogens is 383 g/mol. The second kappa shape index (κ2) is 21.1. The molecule has 0 amide bonds. The molecule has 0 spiro atoms. The topological polar surface area (TPSA) is 77.4 Å². The van der Waals surface area contributed by atoms with E-state index in [-0.39, 0.29) is 35.7 Å². The normalized spacial score (nSPS) is 13.9. The Balaban J connectivity index is 0.